The van der Waals surface area contributed by atoms with E-state index in [-0.39, 0.29) is 5.92 Å². The van der Waals surface area contributed by atoms with Crippen LogP contribution in [0.3, 0.4) is 0 Å². The summed E-state index contributed by atoms with van der Waals surface area (Å²) in [5.41, 5.74) is 0.387. The summed E-state index contributed by atoms with van der Waals surface area (Å²) in [6, 6.07) is 3.66. The van der Waals surface area contributed by atoms with Gasteiger partial charge >= 0.3 is 0 Å². The number of likely N-dealkylation sites (tertiary alicyclic amines) is 1. The smallest absolute Gasteiger partial charge is 0.128 e. The third kappa shape index (κ3) is 3.62. The number of hydrogen-bond donors (Lipinski definition) is 1. The highest BCUT2D eigenvalue weighted by molar-refractivity contribution is 6.31. The van der Waals surface area contributed by atoms with Crippen LogP contribution in [0, 0.1) is 5.92 Å². The van der Waals surface area contributed by atoms with Gasteiger partial charge in [0, 0.05) is 31.3 Å². The van der Waals surface area contributed by atoms with Crippen LogP contribution in [0.5, 0.6) is 11.5 Å². The van der Waals surface area contributed by atoms with E-state index >= 15 is 0 Å². The molecule has 2 atom stereocenters. The monoisotopic (exact) mass is 313 g/mol. The number of halogens is 1. The fourth-order valence-corrected chi connectivity index (χ4v) is 2.97. The molecule has 1 saturated heterocycles. The zero-order chi connectivity index (χ0) is 15.6. The Hall–Kier alpha value is -0.970. The van der Waals surface area contributed by atoms with E-state index in [0.29, 0.717) is 17.3 Å². The molecule has 4 nitrogen and oxygen atoms in total. The Kier molecular flexibility index (Phi) is 5.02. The van der Waals surface area contributed by atoms with E-state index in [1.807, 2.05) is 19.1 Å². The summed E-state index contributed by atoms with van der Waals surface area (Å²) < 4.78 is 10.7. The second-order valence-electron chi connectivity index (χ2n) is 6.03. The number of benzene rings is 1. The van der Waals surface area contributed by atoms with E-state index in [2.05, 4.69) is 11.8 Å². The summed E-state index contributed by atoms with van der Waals surface area (Å²) in [7, 11) is 3.25. The SMILES string of the molecule is COc1cc(Cl)c(CN2CC[C@](C)(O)[C@H](C)C2)c(OC)c1. The maximum atomic E-state index is 10.3. The van der Waals surface area contributed by atoms with Crippen molar-refractivity contribution in [2.75, 3.05) is 27.3 Å². The summed E-state index contributed by atoms with van der Waals surface area (Å²) in [5, 5.41) is 10.9. The van der Waals surface area contributed by atoms with Crippen LogP contribution in [0.15, 0.2) is 12.1 Å². The first-order valence-corrected chi connectivity index (χ1v) is 7.60. The van der Waals surface area contributed by atoms with E-state index in [4.69, 9.17) is 21.1 Å². The largest absolute Gasteiger partial charge is 0.497 e. The number of piperidine rings is 1. The highest BCUT2D eigenvalue weighted by Gasteiger charge is 2.34. The number of nitrogens with zero attached hydrogens (tertiary/aromatic N) is 1. The van der Waals surface area contributed by atoms with Crippen molar-refractivity contribution in [1.29, 1.82) is 0 Å². The molecule has 1 aromatic carbocycles. The average molecular weight is 314 g/mol. The van der Waals surface area contributed by atoms with Crippen molar-refractivity contribution in [3.05, 3.63) is 22.7 Å². The Morgan fingerprint density at radius 2 is 2.10 bits per heavy atom. The van der Waals surface area contributed by atoms with Crippen molar-refractivity contribution in [3.63, 3.8) is 0 Å². The Labute approximate surface area is 131 Å². The molecule has 5 heteroatoms. The first kappa shape index (κ1) is 16.4. The molecule has 118 valence electrons. The minimum Gasteiger partial charge on any atom is -0.497 e. The topological polar surface area (TPSA) is 41.9 Å². The highest BCUT2D eigenvalue weighted by atomic mass is 35.5. The molecule has 1 N–H and O–H groups in total. The van der Waals surface area contributed by atoms with Gasteiger partial charge in [0.05, 0.1) is 24.8 Å². The lowest BCUT2D eigenvalue weighted by molar-refractivity contribution is -0.0524. The van der Waals surface area contributed by atoms with Crippen LogP contribution in [0.2, 0.25) is 5.02 Å². The van der Waals surface area contributed by atoms with Crippen molar-refractivity contribution in [3.8, 4) is 11.5 Å². The van der Waals surface area contributed by atoms with Crippen LogP contribution < -0.4 is 9.47 Å². The molecule has 0 spiro atoms. The Balaban J connectivity index is 2.17. The predicted octanol–water partition coefficient (Wildman–Crippen LogP) is 2.95. The molecular weight excluding hydrogens is 290 g/mol. The van der Waals surface area contributed by atoms with Crippen molar-refractivity contribution in [2.24, 2.45) is 5.92 Å². The molecule has 1 aliphatic rings. The molecule has 0 aliphatic carbocycles. The lowest BCUT2D eigenvalue weighted by atomic mass is 9.84. The molecule has 0 unspecified atom stereocenters. The number of ether oxygens (including phenoxy) is 2. The van der Waals surface area contributed by atoms with Crippen molar-refractivity contribution in [2.45, 2.75) is 32.4 Å². The zero-order valence-corrected chi connectivity index (χ0v) is 13.9. The first-order valence-electron chi connectivity index (χ1n) is 7.22. The summed E-state index contributed by atoms with van der Waals surface area (Å²) in [6.07, 6.45) is 0.768. The third-order valence-electron chi connectivity index (χ3n) is 4.49. The van der Waals surface area contributed by atoms with Crippen molar-refractivity contribution in [1.82, 2.24) is 4.90 Å². The lowest BCUT2D eigenvalue weighted by Crippen LogP contribution is -2.48. The molecule has 2 rings (SSSR count). The first-order chi connectivity index (χ1) is 9.87. The molecule has 1 fully saturated rings. The average Bonchev–Trinajstić information content (AvgIpc) is 2.44. The molecule has 0 saturated carbocycles. The molecule has 1 aliphatic heterocycles. The number of aliphatic hydroxyl groups is 1. The van der Waals surface area contributed by atoms with E-state index in [0.717, 1.165) is 30.8 Å². The fraction of sp³-hybridized carbons (Fsp3) is 0.625. The molecule has 0 amide bonds. The molecule has 21 heavy (non-hydrogen) atoms. The lowest BCUT2D eigenvalue weighted by Gasteiger charge is -2.41. The van der Waals surface area contributed by atoms with Gasteiger partial charge in [-0.15, -0.1) is 0 Å². The number of methoxy groups -OCH3 is 2. The van der Waals surface area contributed by atoms with E-state index in [1.165, 1.54) is 0 Å². The van der Waals surface area contributed by atoms with Gasteiger partial charge in [0.15, 0.2) is 0 Å². The standard InChI is InChI=1S/C16H24ClNO3/c1-11-9-18(6-5-16(11,2)19)10-13-14(17)7-12(20-3)8-15(13)21-4/h7-8,11,19H,5-6,9-10H2,1-4H3/t11-,16+/m1/s1. The van der Waals surface area contributed by atoms with Crippen LogP contribution in [0.1, 0.15) is 25.8 Å². The number of rotatable bonds is 4. The summed E-state index contributed by atoms with van der Waals surface area (Å²) in [4.78, 5) is 2.30. The van der Waals surface area contributed by atoms with Gasteiger partial charge in [-0.3, -0.25) is 4.90 Å². The normalized spacial score (nSPS) is 26.7. The quantitative estimate of drug-likeness (QED) is 0.928. The highest BCUT2D eigenvalue weighted by Crippen LogP contribution is 2.35. The molecule has 0 radical (unpaired) electrons. The summed E-state index contributed by atoms with van der Waals surface area (Å²) in [6.45, 7) is 6.41. The second kappa shape index (κ2) is 6.42. The third-order valence-corrected chi connectivity index (χ3v) is 4.83. The van der Waals surface area contributed by atoms with Gasteiger partial charge in [-0.05, 0) is 25.3 Å². The molecule has 1 aromatic rings. The van der Waals surface area contributed by atoms with Crippen LogP contribution in [-0.4, -0.2) is 42.9 Å². The van der Waals surface area contributed by atoms with Gasteiger partial charge in [-0.2, -0.15) is 0 Å². The van der Waals surface area contributed by atoms with Crippen molar-refractivity contribution >= 4 is 11.6 Å². The van der Waals surface area contributed by atoms with Crippen LogP contribution in [0.4, 0.5) is 0 Å². The Morgan fingerprint density at radius 1 is 1.38 bits per heavy atom. The minimum atomic E-state index is -0.579. The van der Waals surface area contributed by atoms with Crippen LogP contribution in [0.25, 0.3) is 0 Å². The fourth-order valence-electron chi connectivity index (χ4n) is 2.71. The van der Waals surface area contributed by atoms with E-state index in [1.54, 1.807) is 14.2 Å². The summed E-state index contributed by atoms with van der Waals surface area (Å²) >= 11 is 6.37. The van der Waals surface area contributed by atoms with Crippen molar-refractivity contribution < 1.29 is 14.6 Å². The van der Waals surface area contributed by atoms with E-state index < -0.39 is 5.60 Å². The predicted molar refractivity (Wildman–Crippen MR) is 84.2 cm³/mol. The molecule has 1 heterocycles. The maximum Gasteiger partial charge on any atom is 0.128 e. The zero-order valence-electron chi connectivity index (χ0n) is 13.1. The molecule has 0 aromatic heterocycles. The van der Waals surface area contributed by atoms with Gasteiger partial charge in [0.25, 0.3) is 0 Å². The second-order valence-corrected chi connectivity index (χ2v) is 6.44. The minimum absolute atomic E-state index is 0.231. The Morgan fingerprint density at radius 3 is 2.67 bits per heavy atom. The molecule has 0 bridgehead atoms. The van der Waals surface area contributed by atoms with Gasteiger partial charge in [0.1, 0.15) is 11.5 Å². The Bertz CT molecular complexity index is 505. The van der Waals surface area contributed by atoms with Gasteiger partial charge in [0.2, 0.25) is 0 Å². The van der Waals surface area contributed by atoms with Gasteiger partial charge < -0.3 is 14.6 Å². The molecular formula is C16H24ClNO3. The van der Waals surface area contributed by atoms with Crippen LogP contribution in [-0.2, 0) is 6.54 Å². The maximum absolute atomic E-state index is 10.3. The van der Waals surface area contributed by atoms with Gasteiger partial charge in [-0.1, -0.05) is 18.5 Å². The summed E-state index contributed by atoms with van der Waals surface area (Å²) in [5.74, 6) is 1.66. The van der Waals surface area contributed by atoms with E-state index in [9.17, 15) is 5.11 Å². The van der Waals surface area contributed by atoms with Gasteiger partial charge in [-0.25, -0.2) is 0 Å². The number of hydrogen-bond acceptors (Lipinski definition) is 4. The van der Waals surface area contributed by atoms with Crippen LogP contribution >= 0.6 is 11.6 Å².